The monoisotopic (exact) mass is 395 g/mol. The van der Waals surface area contributed by atoms with E-state index in [-0.39, 0.29) is 6.04 Å². The molecule has 0 aliphatic carbocycles. The zero-order chi connectivity index (χ0) is 8.65. The average molecular weight is 395 g/mol. The van der Waals surface area contributed by atoms with Gasteiger partial charge < -0.3 is 0 Å². The molecule has 11 heavy (non-hydrogen) atoms. The fraction of sp³-hybridized carbons (Fsp3) is 0.833. The number of halogens is 2. The van der Waals surface area contributed by atoms with E-state index in [4.69, 9.17) is 0 Å². The van der Waals surface area contributed by atoms with Crippen molar-refractivity contribution in [3.8, 4) is 0 Å². The first-order valence-corrected chi connectivity index (χ1v) is 9.00. The van der Waals surface area contributed by atoms with Crippen molar-refractivity contribution in [1.29, 1.82) is 0 Å². The Labute approximate surface area is 95.7 Å². The Hall–Kier alpha value is 1.31. The molecule has 0 aromatic heterocycles. The third-order valence-corrected chi connectivity index (χ3v) is 6.99. The van der Waals surface area contributed by atoms with Crippen LogP contribution < -0.4 is 0 Å². The minimum atomic E-state index is -1.04. The molecule has 0 unspecified atom stereocenters. The lowest BCUT2D eigenvalue weighted by Gasteiger charge is -2.12. The van der Waals surface area contributed by atoms with Crippen molar-refractivity contribution in [3.63, 3.8) is 0 Å². The van der Waals surface area contributed by atoms with Crippen LogP contribution in [0.2, 0.25) is 19.1 Å². The largest absolute Gasteiger partial charge is 0.286 e. The molecule has 0 aromatic carbocycles. The van der Waals surface area contributed by atoms with E-state index in [1.54, 1.807) is 0 Å². The van der Waals surface area contributed by atoms with E-state index in [0.29, 0.717) is 3.79 Å². The molecule has 2 nitrogen and oxygen atoms in total. The summed E-state index contributed by atoms with van der Waals surface area (Å²) in [6, 6.07) is 1.34. The van der Waals surface area contributed by atoms with Crippen molar-refractivity contribution in [2.24, 2.45) is 0 Å². The Balaban J connectivity index is 2.66. The highest BCUT2D eigenvalue weighted by Gasteiger charge is 2.40. The van der Waals surface area contributed by atoms with Crippen LogP contribution in [0.3, 0.4) is 0 Å². The fourth-order valence-electron chi connectivity index (χ4n) is 1.40. The van der Waals surface area contributed by atoms with Crippen molar-refractivity contribution in [2.75, 3.05) is 6.17 Å². The number of carbonyl (C=O) groups excluding carboxylic acids is 1. The maximum Gasteiger partial charge on any atom is 0.209 e. The molecular formula is C6H11I2NOSi. The lowest BCUT2D eigenvalue weighted by molar-refractivity contribution is -0.111. The van der Waals surface area contributed by atoms with Gasteiger partial charge in [-0.25, -0.2) is 3.11 Å². The summed E-state index contributed by atoms with van der Waals surface area (Å²) in [5, 5.41) is 0. The van der Waals surface area contributed by atoms with Gasteiger partial charge in [0.25, 0.3) is 0 Å². The zero-order valence-corrected chi connectivity index (χ0v) is 11.9. The first-order chi connectivity index (χ1) is 4.92. The van der Waals surface area contributed by atoms with Crippen LogP contribution in [0.4, 0.5) is 0 Å². The van der Waals surface area contributed by atoms with E-state index in [1.165, 1.54) is 0 Å². The molecule has 0 spiro atoms. The van der Waals surface area contributed by atoms with Crippen LogP contribution in [0.15, 0.2) is 0 Å². The van der Waals surface area contributed by atoms with Gasteiger partial charge in [0.05, 0.1) is 14.1 Å². The number of hydrogen-bond donors (Lipinski definition) is 0. The second-order valence-corrected chi connectivity index (χ2v) is 11.1. The van der Waals surface area contributed by atoms with Crippen LogP contribution in [0.1, 0.15) is 0 Å². The van der Waals surface area contributed by atoms with Crippen LogP contribution in [-0.4, -0.2) is 27.2 Å². The van der Waals surface area contributed by atoms with Crippen LogP contribution >= 0.6 is 45.5 Å². The summed E-state index contributed by atoms with van der Waals surface area (Å²) >= 11 is 4.19. The molecule has 64 valence electrons. The standard InChI is InChI=1S/C6H11I2NOSi/c1-11(2)3-5(6(7)10)9(8)4-11/h5H,3-4H2,1-2H3/t5-/m0/s1. The molecule has 0 amide bonds. The molecule has 0 aromatic rings. The molecule has 0 radical (unpaired) electrons. The third kappa shape index (κ3) is 2.63. The topological polar surface area (TPSA) is 20.3 Å². The van der Waals surface area contributed by atoms with Gasteiger partial charge in [0, 0.05) is 51.6 Å². The normalized spacial score (nSPS) is 30.7. The Morgan fingerprint density at radius 3 is 2.36 bits per heavy atom. The maximum atomic E-state index is 11.1. The third-order valence-electron chi connectivity index (χ3n) is 1.93. The molecular weight excluding hydrogens is 384 g/mol. The summed E-state index contributed by atoms with van der Waals surface area (Å²) in [4.78, 5) is 11.1. The maximum absolute atomic E-state index is 11.1. The molecule has 1 saturated heterocycles. The predicted octanol–water partition coefficient (Wildman–Crippen LogP) is 2.23. The molecule has 1 aliphatic heterocycles. The van der Waals surface area contributed by atoms with Gasteiger partial charge in [-0.15, -0.1) is 0 Å². The fourth-order valence-corrected chi connectivity index (χ4v) is 9.11. The second kappa shape index (κ2) is 3.58. The van der Waals surface area contributed by atoms with Crippen LogP contribution in [-0.2, 0) is 4.79 Å². The van der Waals surface area contributed by atoms with Crippen LogP contribution in [0, 0.1) is 0 Å². The Morgan fingerprint density at radius 1 is 1.64 bits per heavy atom. The van der Waals surface area contributed by atoms with E-state index < -0.39 is 8.07 Å². The number of carbonyl (C=O) groups is 1. The van der Waals surface area contributed by atoms with E-state index in [9.17, 15) is 4.79 Å². The molecule has 0 bridgehead atoms. The average Bonchev–Trinajstić information content (AvgIpc) is 2.05. The first-order valence-electron chi connectivity index (χ1n) is 3.54. The van der Waals surface area contributed by atoms with Crippen molar-refractivity contribution in [2.45, 2.75) is 25.2 Å². The highest BCUT2D eigenvalue weighted by atomic mass is 127. The van der Waals surface area contributed by atoms with Gasteiger partial charge in [-0.05, 0) is 6.04 Å². The van der Waals surface area contributed by atoms with E-state index >= 15 is 0 Å². The second-order valence-electron chi connectivity index (χ2n) is 3.75. The summed E-state index contributed by atoms with van der Waals surface area (Å²) < 4.78 is 2.48. The highest BCUT2D eigenvalue weighted by Crippen LogP contribution is 2.30. The Morgan fingerprint density at radius 2 is 2.18 bits per heavy atom. The van der Waals surface area contributed by atoms with Crippen molar-refractivity contribution >= 4 is 57.3 Å². The molecule has 1 rings (SSSR count). The number of nitrogens with zero attached hydrogens (tertiary/aromatic N) is 1. The zero-order valence-electron chi connectivity index (χ0n) is 6.60. The van der Waals surface area contributed by atoms with E-state index in [0.717, 1.165) is 12.2 Å². The molecule has 1 heterocycles. The molecule has 0 saturated carbocycles. The molecule has 5 heteroatoms. The van der Waals surface area contributed by atoms with Gasteiger partial charge >= 0.3 is 0 Å². The van der Waals surface area contributed by atoms with Crippen molar-refractivity contribution < 1.29 is 4.79 Å². The van der Waals surface area contributed by atoms with Gasteiger partial charge in [-0.1, -0.05) is 13.1 Å². The lowest BCUT2D eigenvalue weighted by Crippen LogP contribution is -2.27. The smallest absolute Gasteiger partial charge is 0.209 e. The summed E-state index contributed by atoms with van der Waals surface area (Å²) in [5.41, 5.74) is 0. The van der Waals surface area contributed by atoms with Gasteiger partial charge in [0.15, 0.2) is 0 Å². The first kappa shape index (κ1) is 10.4. The Bertz CT molecular complexity index is 185. The molecule has 1 aliphatic rings. The minimum Gasteiger partial charge on any atom is -0.286 e. The summed E-state index contributed by atoms with van der Waals surface area (Å²) in [6.07, 6.45) is 1.16. The van der Waals surface area contributed by atoms with Gasteiger partial charge in [0.1, 0.15) is 0 Å². The molecule has 1 atom stereocenters. The molecule has 1 fully saturated rings. The quantitative estimate of drug-likeness (QED) is 0.294. The minimum absolute atomic E-state index is 0.206. The number of rotatable bonds is 1. The van der Waals surface area contributed by atoms with Crippen molar-refractivity contribution in [1.82, 2.24) is 3.11 Å². The number of hydrogen-bond acceptors (Lipinski definition) is 2. The van der Waals surface area contributed by atoms with Crippen LogP contribution in [0.5, 0.6) is 0 Å². The molecule has 0 N–H and O–H groups in total. The van der Waals surface area contributed by atoms with E-state index in [1.807, 2.05) is 22.6 Å². The summed E-state index contributed by atoms with van der Waals surface area (Å²) in [5.74, 6) is 0. The summed E-state index contributed by atoms with van der Waals surface area (Å²) in [6.45, 7) is 4.69. The van der Waals surface area contributed by atoms with Crippen molar-refractivity contribution in [3.05, 3.63) is 0 Å². The predicted molar refractivity (Wildman–Crippen MR) is 65.8 cm³/mol. The highest BCUT2D eigenvalue weighted by molar-refractivity contribution is 14.1. The van der Waals surface area contributed by atoms with Crippen LogP contribution in [0.25, 0.3) is 0 Å². The lowest BCUT2D eigenvalue weighted by atomic mass is 10.4. The summed E-state index contributed by atoms with van der Waals surface area (Å²) in [7, 11) is -1.04. The van der Waals surface area contributed by atoms with E-state index in [2.05, 4.69) is 39.1 Å². The SMILES string of the molecule is C[Si]1(C)C[C@@H](C(=O)I)N(I)C1. The van der Waals surface area contributed by atoms with Gasteiger partial charge in [-0.3, -0.25) is 4.79 Å². The van der Waals surface area contributed by atoms with Gasteiger partial charge in [-0.2, -0.15) is 0 Å². The van der Waals surface area contributed by atoms with Gasteiger partial charge in [0.2, 0.25) is 3.79 Å². The Kier molecular flexibility index (Phi) is 3.38.